The predicted octanol–water partition coefficient (Wildman–Crippen LogP) is 2.77. The number of likely N-dealkylation sites (tertiary alicyclic amines) is 1. The third kappa shape index (κ3) is 7.07. The van der Waals surface area contributed by atoms with Gasteiger partial charge in [-0.25, -0.2) is 0 Å². The zero-order valence-electron chi connectivity index (χ0n) is 14.7. The van der Waals surface area contributed by atoms with Gasteiger partial charge in [-0.3, -0.25) is 9.69 Å². The minimum Gasteiger partial charge on any atom is -0.494 e. The summed E-state index contributed by atoms with van der Waals surface area (Å²) in [6.45, 7) is 6.21. The summed E-state index contributed by atoms with van der Waals surface area (Å²) in [6.07, 6.45) is 3.62. The number of benzene rings is 1. The monoisotopic (exact) mass is 355 g/mol. The minimum atomic E-state index is 0. The Morgan fingerprint density at radius 3 is 2.50 bits per heavy atom. The van der Waals surface area contributed by atoms with Crippen LogP contribution in [0.4, 0.5) is 5.69 Å². The Morgan fingerprint density at radius 2 is 1.92 bits per heavy atom. The molecule has 0 aromatic heterocycles. The van der Waals surface area contributed by atoms with E-state index in [1.807, 2.05) is 38.2 Å². The summed E-state index contributed by atoms with van der Waals surface area (Å²) in [7, 11) is 2.00. The van der Waals surface area contributed by atoms with E-state index in [0.29, 0.717) is 13.2 Å². The highest BCUT2D eigenvalue weighted by molar-refractivity contribution is 5.92. The topological polar surface area (TPSA) is 53.6 Å². The molecule has 24 heavy (non-hydrogen) atoms. The van der Waals surface area contributed by atoms with Crippen molar-refractivity contribution in [3.05, 3.63) is 24.3 Å². The number of nitrogens with zero attached hydrogens (tertiary/aromatic N) is 1. The zero-order valence-corrected chi connectivity index (χ0v) is 15.5. The van der Waals surface area contributed by atoms with Gasteiger partial charge in [0.1, 0.15) is 5.75 Å². The van der Waals surface area contributed by atoms with E-state index in [2.05, 4.69) is 15.5 Å². The molecule has 6 heteroatoms. The average molecular weight is 356 g/mol. The number of ether oxygens (including phenoxy) is 1. The quantitative estimate of drug-likeness (QED) is 0.753. The highest BCUT2D eigenvalue weighted by atomic mass is 35.5. The first-order valence-corrected chi connectivity index (χ1v) is 8.61. The maximum atomic E-state index is 12.2. The number of hydrogen-bond acceptors (Lipinski definition) is 4. The van der Waals surface area contributed by atoms with E-state index in [-0.39, 0.29) is 18.3 Å². The number of nitrogens with one attached hydrogen (secondary N) is 2. The number of carbonyl (C=O) groups excluding carboxylic acids is 1. The van der Waals surface area contributed by atoms with Crippen molar-refractivity contribution in [2.24, 2.45) is 5.92 Å². The molecule has 1 amide bonds. The van der Waals surface area contributed by atoms with Gasteiger partial charge in [-0.05, 0) is 83.1 Å². The van der Waals surface area contributed by atoms with Crippen molar-refractivity contribution < 1.29 is 9.53 Å². The van der Waals surface area contributed by atoms with Gasteiger partial charge in [0.15, 0.2) is 0 Å². The fourth-order valence-electron chi connectivity index (χ4n) is 2.99. The third-order valence-corrected chi connectivity index (χ3v) is 4.33. The van der Waals surface area contributed by atoms with E-state index < -0.39 is 0 Å². The first-order valence-electron chi connectivity index (χ1n) is 8.61. The fourth-order valence-corrected chi connectivity index (χ4v) is 2.99. The van der Waals surface area contributed by atoms with Gasteiger partial charge in [0, 0.05) is 5.69 Å². The van der Waals surface area contributed by atoms with Gasteiger partial charge in [-0.1, -0.05) is 0 Å². The number of anilines is 1. The Bertz CT molecular complexity index is 474. The molecule has 0 bridgehead atoms. The average Bonchev–Trinajstić information content (AvgIpc) is 2.56. The summed E-state index contributed by atoms with van der Waals surface area (Å²) in [6, 6.07) is 7.53. The number of halogens is 1. The molecule has 0 atom stereocenters. The fraction of sp³-hybridized carbons (Fsp3) is 0.611. The van der Waals surface area contributed by atoms with Crippen molar-refractivity contribution in [2.45, 2.75) is 26.2 Å². The largest absolute Gasteiger partial charge is 0.494 e. The molecule has 0 aliphatic carbocycles. The SMILES string of the molecule is CCOc1ccc(NC(=O)CN2CCC(CCNC)CC2)cc1.Cl. The number of carbonyl (C=O) groups is 1. The number of rotatable bonds is 8. The lowest BCUT2D eigenvalue weighted by atomic mass is 9.93. The molecule has 2 rings (SSSR count). The maximum absolute atomic E-state index is 12.2. The lowest BCUT2D eigenvalue weighted by Crippen LogP contribution is -2.39. The Kier molecular flexibility index (Phi) is 9.76. The molecule has 0 unspecified atom stereocenters. The molecule has 0 spiro atoms. The van der Waals surface area contributed by atoms with Crippen molar-refractivity contribution in [3.8, 4) is 5.75 Å². The van der Waals surface area contributed by atoms with E-state index in [4.69, 9.17) is 4.74 Å². The first-order chi connectivity index (χ1) is 11.2. The van der Waals surface area contributed by atoms with Crippen LogP contribution < -0.4 is 15.4 Å². The van der Waals surface area contributed by atoms with Crippen LogP contribution in [0.5, 0.6) is 5.75 Å². The summed E-state index contributed by atoms with van der Waals surface area (Å²) in [4.78, 5) is 14.4. The molecule has 2 N–H and O–H groups in total. The number of amides is 1. The second-order valence-electron chi connectivity index (χ2n) is 6.12. The van der Waals surface area contributed by atoms with Crippen molar-refractivity contribution in [3.63, 3.8) is 0 Å². The van der Waals surface area contributed by atoms with E-state index >= 15 is 0 Å². The third-order valence-electron chi connectivity index (χ3n) is 4.33. The molecule has 0 saturated carbocycles. The van der Waals surface area contributed by atoms with Gasteiger partial charge in [0.25, 0.3) is 0 Å². The van der Waals surface area contributed by atoms with Crippen LogP contribution >= 0.6 is 12.4 Å². The van der Waals surface area contributed by atoms with E-state index in [9.17, 15) is 4.79 Å². The minimum absolute atomic E-state index is 0. The van der Waals surface area contributed by atoms with E-state index in [1.54, 1.807) is 0 Å². The Balaban J connectivity index is 0.00000288. The van der Waals surface area contributed by atoms with Crippen molar-refractivity contribution in [2.75, 3.05) is 45.2 Å². The summed E-state index contributed by atoms with van der Waals surface area (Å²) < 4.78 is 5.40. The first kappa shape index (κ1) is 20.7. The highest BCUT2D eigenvalue weighted by Crippen LogP contribution is 2.20. The van der Waals surface area contributed by atoms with Crippen LogP contribution in [0.2, 0.25) is 0 Å². The smallest absolute Gasteiger partial charge is 0.238 e. The number of piperidine rings is 1. The van der Waals surface area contributed by atoms with Gasteiger partial charge < -0.3 is 15.4 Å². The molecule has 5 nitrogen and oxygen atoms in total. The summed E-state index contributed by atoms with van der Waals surface area (Å²) >= 11 is 0. The van der Waals surface area contributed by atoms with Crippen LogP contribution in [0.15, 0.2) is 24.3 Å². The molecular formula is C18H30ClN3O2. The van der Waals surface area contributed by atoms with Gasteiger partial charge in [0.05, 0.1) is 13.2 Å². The van der Waals surface area contributed by atoms with Gasteiger partial charge >= 0.3 is 0 Å². The van der Waals surface area contributed by atoms with E-state index in [0.717, 1.165) is 37.0 Å². The maximum Gasteiger partial charge on any atom is 0.238 e. The Labute approximate surface area is 151 Å². The van der Waals surface area contributed by atoms with Crippen LogP contribution in [0.1, 0.15) is 26.2 Å². The van der Waals surface area contributed by atoms with Crippen LogP contribution in [0, 0.1) is 5.92 Å². The molecule has 136 valence electrons. The molecule has 1 saturated heterocycles. The summed E-state index contributed by atoms with van der Waals surface area (Å²) in [5.41, 5.74) is 0.822. The summed E-state index contributed by atoms with van der Waals surface area (Å²) in [5, 5.41) is 6.17. The van der Waals surface area contributed by atoms with Crippen LogP contribution in [-0.4, -0.2) is 50.6 Å². The second kappa shape index (κ2) is 11.3. The van der Waals surface area contributed by atoms with Crippen LogP contribution in [0.25, 0.3) is 0 Å². The van der Waals surface area contributed by atoms with Gasteiger partial charge in [0.2, 0.25) is 5.91 Å². The predicted molar refractivity (Wildman–Crippen MR) is 101 cm³/mol. The van der Waals surface area contributed by atoms with Gasteiger partial charge in [-0.15, -0.1) is 12.4 Å². The lowest BCUT2D eigenvalue weighted by molar-refractivity contribution is -0.117. The van der Waals surface area contributed by atoms with Crippen LogP contribution in [0.3, 0.4) is 0 Å². The van der Waals surface area contributed by atoms with E-state index in [1.165, 1.54) is 19.3 Å². The second-order valence-corrected chi connectivity index (χ2v) is 6.12. The summed E-state index contributed by atoms with van der Waals surface area (Å²) in [5.74, 6) is 1.69. The Morgan fingerprint density at radius 1 is 1.25 bits per heavy atom. The molecule has 1 aliphatic heterocycles. The molecule has 0 radical (unpaired) electrons. The molecular weight excluding hydrogens is 326 g/mol. The van der Waals surface area contributed by atoms with Crippen molar-refractivity contribution in [1.82, 2.24) is 10.2 Å². The number of hydrogen-bond donors (Lipinski definition) is 2. The lowest BCUT2D eigenvalue weighted by Gasteiger charge is -2.31. The van der Waals surface area contributed by atoms with Crippen molar-refractivity contribution >= 4 is 24.0 Å². The molecule has 1 fully saturated rings. The normalized spacial score (nSPS) is 15.6. The van der Waals surface area contributed by atoms with Crippen LogP contribution in [-0.2, 0) is 4.79 Å². The molecule has 1 aliphatic rings. The highest BCUT2D eigenvalue weighted by Gasteiger charge is 2.20. The molecule has 1 heterocycles. The zero-order chi connectivity index (χ0) is 16.5. The molecule has 1 aromatic carbocycles. The standard InChI is InChI=1S/C18H29N3O2.ClH/c1-3-23-17-6-4-16(5-7-17)20-18(22)14-21-12-9-15(10-13-21)8-11-19-2;/h4-7,15,19H,3,8-14H2,1-2H3,(H,20,22);1H. The Hall–Kier alpha value is -1.30. The van der Waals surface area contributed by atoms with Crippen molar-refractivity contribution in [1.29, 1.82) is 0 Å². The van der Waals surface area contributed by atoms with Gasteiger partial charge in [-0.2, -0.15) is 0 Å². The molecule has 1 aromatic rings.